The highest BCUT2D eigenvalue weighted by Gasteiger charge is 2.58. The molecule has 0 aromatic heterocycles. The molecule has 2 rings (SSSR count). The van der Waals surface area contributed by atoms with Gasteiger partial charge in [-0.05, 0) is 31.5 Å². The first-order chi connectivity index (χ1) is 11.6. The topological polar surface area (TPSA) is 99.9 Å². The number of ether oxygens (including phenoxy) is 3. The molecule has 0 spiro atoms. The molecule has 1 aliphatic rings. The predicted molar refractivity (Wildman–Crippen MR) is 92.7 cm³/mol. The summed E-state index contributed by atoms with van der Waals surface area (Å²) < 4.78 is 16.1. The van der Waals surface area contributed by atoms with Crippen molar-refractivity contribution in [1.29, 1.82) is 0 Å². The van der Waals surface area contributed by atoms with Gasteiger partial charge in [0.2, 0.25) is 0 Å². The van der Waals surface area contributed by atoms with Crippen molar-refractivity contribution in [2.45, 2.75) is 38.8 Å². The second kappa shape index (κ2) is 6.92. The summed E-state index contributed by atoms with van der Waals surface area (Å²) in [5.41, 5.74) is 5.09. The van der Waals surface area contributed by atoms with Crippen LogP contribution in [0.25, 0.3) is 0 Å². The first-order valence-corrected chi connectivity index (χ1v) is 8.10. The van der Waals surface area contributed by atoms with E-state index in [1.54, 1.807) is 25.3 Å². The zero-order chi connectivity index (χ0) is 18.8. The monoisotopic (exact) mass is 350 g/mol. The number of hydrogen-bond donors (Lipinski definition) is 2. The van der Waals surface area contributed by atoms with E-state index in [-0.39, 0.29) is 29.6 Å². The van der Waals surface area contributed by atoms with Gasteiger partial charge in [-0.2, -0.15) is 0 Å². The minimum atomic E-state index is -0.586. The van der Waals surface area contributed by atoms with E-state index >= 15 is 0 Å². The number of primary amides is 1. The Morgan fingerprint density at radius 3 is 2.44 bits per heavy atom. The van der Waals surface area contributed by atoms with E-state index in [1.807, 2.05) is 6.92 Å². The molecule has 1 aromatic rings. The number of rotatable bonds is 7. The van der Waals surface area contributed by atoms with Crippen molar-refractivity contribution in [3.05, 3.63) is 23.8 Å². The Labute approximate surface area is 147 Å². The van der Waals surface area contributed by atoms with Crippen molar-refractivity contribution in [3.63, 3.8) is 0 Å². The van der Waals surface area contributed by atoms with Crippen LogP contribution in [0.3, 0.4) is 0 Å². The summed E-state index contributed by atoms with van der Waals surface area (Å²) in [5, 5.41) is 3.04. The molecule has 2 unspecified atom stereocenters. The van der Waals surface area contributed by atoms with Crippen LogP contribution in [0.1, 0.15) is 37.6 Å². The van der Waals surface area contributed by atoms with Gasteiger partial charge in [0.05, 0.1) is 12.7 Å². The molecule has 0 heterocycles. The van der Waals surface area contributed by atoms with Crippen molar-refractivity contribution in [3.8, 4) is 11.5 Å². The molecule has 2 amide bonds. The SMILES string of the molecule is COc1cc(C(=O)NC2CC(C)(OC)C2(C)C)ccc1OCC(N)=O. The molecule has 7 nitrogen and oxygen atoms in total. The lowest BCUT2D eigenvalue weighted by atomic mass is 9.56. The van der Waals surface area contributed by atoms with Crippen LogP contribution in [0, 0.1) is 5.41 Å². The van der Waals surface area contributed by atoms with Crippen LogP contribution in [0.5, 0.6) is 11.5 Å². The lowest BCUT2D eigenvalue weighted by molar-refractivity contribution is -0.177. The summed E-state index contributed by atoms with van der Waals surface area (Å²) in [4.78, 5) is 23.4. The molecular formula is C18H26N2O5. The Hall–Kier alpha value is -2.28. The largest absolute Gasteiger partial charge is 0.493 e. The molecule has 0 aliphatic heterocycles. The van der Waals surface area contributed by atoms with Crippen LogP contribution in [0.4, 0.5) is 0 Å². The van der Waals surface area contributed by atoms with Gasteiger partial charge in [-0.1, -0.05) is 13.8 Å². The van der Waals surface area contributed by atoms with Crippen molar-refractivity contribution in [1.82, 2.24) is 5.32 Å². The van der Waals surface area contributed by atoms with E-state index in [0.29, 0.717) is 17.1 Å². The van der Waals surface area contributed by atoms with Gasteiger partial charge in [0.1, 0.15) is 0 Å². The zero-order valence-corrected chi connectivity index (χ0v) is 15.3. The van der Waals surface area contributed by atoms with E-state index in [1.165, 1.54) is 7.11 Å². The lowest BCUT2D eigenvalue weighted by Gasteiger charge is -2.59. The van der Waals surface area contributed by atoms with Gasteiger partial charge < -0.3 is 25.3 Å². The van der Waals surface area contributed by atoms with Gasteiger partial charge in [0.25, 0.3) is 11.8 Å². The van der Waals surface area contributed by atoms with E-state index in [9.17, 15) is 9.59 Å². The summed E-state index contributed by atoms with van der Waals surface area (Å²) in [6, 6.07) is 4.80. The van der Waals surface area contributed by atoms with Crippen LogP contribution in [0.2, 0.25) is 0 Å². The van der Waals surface area contributed by atoms with Crippen LogP contribution in [0.15, 0.2) is 18.2 Å². The molecule has 0 saturated heterocycles. The highest BCUT2D eigenvalue weighted by molar-refractivity contribution is 5.95. The molecule has 1 aliphatic carbocycles. The number of carbonyl (C=O) groups is 2. The second-order valence-electron chi connectivity index (χ2n) is 7.01. The molecule has 0 bridgehead atoms. The molecule has 1 saturated carbocycles. The Morgan fingerprint density at radius 1 is 1.24 bits per heavy atom. The Bertz CT molecular complexity index is 673. The van der Waals surface area contributed by atoms with E-state index in [2.05, 4.69) is 19.2 Å². The molecule has 0 radical (unpaired) electrons. The van der Waals surface area contributed by atoms with Crippen molar-refractivity contribution in [2.75, 3.05) is 20.8 Å². The van der Waals surface area contributed by atoms with Crippen molar-refractivity contribution in [2.24, 2.45) is 11.1 Å². The van der Waals surface area contributed by atoms with Gasteiger partial charge in [0, 0.05) is 24.1 Å². The summed E-state index contributed by atoms with van der Waals surface area (Å²) in [6.07, 6.45) is 0.749. The van der Waals surface area contributed by atoms with Gasteiger partial charge >= 0.3 is 0 Å². The Balaban J connectivity index is 2.09. The van der Waals surface area contributed by atoms with Crippen LogP contribution >= 0.6 is 0 Å². The highest BCUT2D eigenvalue weighted by Crippen LogP contribution is 2.51. The summed E-state index contributed by atoms with van der Waals surface area (Å²) in [7, 11) is 3.16. The van der Waals surface area contributed by atoms with E-state index in [0.717, 1.165) is 6.42 Å². The molecule has 1 fully saturated rings. The van der Waals surface area contributed by atoms with E-state index in [4.69, 9.17) is 19.9 Å². The number of nitrogens with two attached hydrogens (primary N) is 1. The maximum absolute atomic E-state index is 12.6. The van der Waals surface area contributed by atoms with Crippen molar-refractivity contribution < 1.29 is 23.8 Å². The average Bonchev–Trinajstić information content (AvgIpc) is 2.58. The summed E-state index contributed by atoms with van der Waals surface area (Å²) >= 11 is 0. The Kier molecular flexibility index (Phi) is 5.27. The third kappa shape index (κ3) is 3.56. The van der Waals surface area contributed by atoms with Crippen LogP contribution in [-0.2, 0) is 9.53 Å². The maximum Gasteiger partial charge on any atom is 0.255 e. The number of hydrogen-bond acceptors (Lipinski definition) is 5. The molecule has 2 atom stereocenters. The minimum Gasteiger partial charge on any atom is -0.493 e. The van der Waals surface area contributed by atoms with Crippen LogP contribution < -0.4 is 20.5 Å². The fourth-order valence-corrected chi connectivity index (χ4v) is 3.04. The van der Waals surface area contributed by atoms with E-state index < -0.39 is 5.91 Å². The number of methoxy groups -OCH3 is 2. The smallest absolute Gasteiger partial charge is 0.255 e. The fraction of sp³-hybridized carbons (Fsp3) is 0.556. The third-order valence-electron chi connectivity index (χ3n) is 5.38. The summed E-state index contributed by atoms with van der Waals surface area (Å²) in [6.45, 7) is 5.94. The first kappa shape index (κ1) is 19.1. The third-order valence-corrected chi connectivity index (χ3v) is 5.38. The highest BCUT2D eigenvalue weighted by atomic mass is 16.5. The molecule has 25 heavy (non-hydrogen) atoms. The molecule has 1 aromatic carbocycles. The van der Waals surface area contributed by atoms with Gasteiger partial charge in [-0.3, -0.25) is 9.59 Å². The lowest BCUT2D eigenvalue weighted by Crippen LogP contribution is -2.68. The van der Waals surface area contributed by atoms with Gasteiger partial charge in [0.15, 0.2) is 18.1 Å². The molecular weight excluding hydrogens is 324 g/mol. The maximum atomic E-state index is 12.6. The molecule has 138 valence electrons. The zero-order valence-electron chi connectivity index (χ0n) is 15.3. The fourth-order valence-electron chi connectivity index (χ4n) is 3.04. The predicted octanol–water partition coefficient (Wildman–Crippen LogP) is 1.49. The minimum absolute atomic E-state index is 0.0155. The summed E-state index contributed by atoms with van der Waals surface area (Å²) in [5.74, 6) is -0.0643. The standard InChI is InChI=1S/C18H26N2O5/c1-17(2)14(9-18(17,3)24-5)20-16(22)11-6-7-12(13(8-11)23-4)25-10-15(19)21/h6-8,14H,9-10H2,1-5H3,(H2,19,21)(H,20,22). The second-order valence-corrected chi connectivity index (χ2v) is 7.01. The van der Waals surface area contributed by atoms with Crippen molar-refractivity contribution >= 4 is 11.8 Å². The first-order valence-electron chi connectivity index (χ1n) is 8.10. The molecule has 7 heteroatoms. The van der Waals surface area contributed by atoms with Gasteiger partial charge in [-0.15, -0.1) is 0 Å². The van der Waals surface area contributed by atoms with Crippen LogP contribution in [-0.4, -0.2) is 44.3 Å². The quantitative estimate of drug-likeness (QED) is 0.776. The molecule has 3 N–H and O–H groups in total. The Morgan fingerprint density at radius 2 is 1.92 bits per heavy atom. The van der Waals surface area contributed by atoms with Gasteiger partial charge in [-0.25, -0.2) is 0 Å². The normalized spacial score (nSPS) is 24.1. The number of nitrogens with one attached hydrogen (secondary N) is 1. The average molecular weight is 350 g/mol. The number of carbonyl (C=O) groups excluding carboxylic acids is 2. The number of amides is 2. The number of benzene rings is 1.